The molecule has 0 saturated carbocycles. The Kier molecular flexibility index (Phi) is 6.69. The van der Waals surface area contributed by atoms with Crippen molar-refractivity contribution in [1.29, 1.82) is 0 Å². The summed E-state index contributed by atoms with van der Waals surface area (Å²) in [7, 11) is 0. The molecular formula is C17H18ClFN2O3. The first kappa shape index (κ1) is 17.9. The van der Waals surface area contributed by atoms with Crippen LogP contribution in [0.25, 0.3) is 0 Å². The lowest BCUT2D eigenvalue weighted by atomic mass is 10.3. The van der Waals surface area contributed by atoms with Crippen LogP contribution in [-0.4, -0.2) is 25.8 Å². The highest BCUT2D eigenvalue weighted by atomic mass is 35.5. The fourth-order valence-electron chi connectivity index (χ4n) is 1.89. The van der Waals surface area contributed by atoms with Crippen molar-refractivity contribution in [2.45, 2.75) is 6.92 Å². The summed E-state index contributed by atoms with van der Waals surface area (Å²) >= 11 is 5.84. The molecule has 5 nitrogen and oxygen atoms in total. The van der Waals surface area contributed by atoms with Gasteiger partial charge in [0.25, 0.3) is 0 Å². The van der Waals surface area contributed by atoms with Crippen molar-refractivity contribution >= 4 is 23.3 Å². The zero-order valence-electron chi connectivity index (χ0n) is 13.1. The highest BCUT2D eigenvalue weighted by molar-refractivity contribution is 6.32. The van der Waals surface area contributed by atoms with Crippen molar-refractivity contribution in [3.05, 3.63) is 53.3 Å². The van der Waals surface area contributed by atoms with Crippen LogP contribution in [0.2, 0.25) is 5.02 Å². The summed E-state index contributed by atoms with van der Waals surface area (Å²) in [5.41, 5.74) is 0.651. The standard InChI is InChI=1S/C17H18ClFN2O3/c1-2-23-14-6-4-13(5-7-14)21-17(22)20-9-10-24-16-8-3-12(19)11-15(16)18/h3-8,11H,2,9-10H2,1H3,(H2,20,21,22). The van der Waals surface area contributed by atoms with Crippen molar-refractivity contribution in [2.75, 3.05) is 25.1 Å². The number of benzene rings is 2. The highest BCUT2D eigenvalue weighted by Gasteiger charge is 2.04. The number of carbonyl (C=O) groups excluding carboxylic acids is 1. The van der Waals surface area contributed by atoms with Gasteiger partial charge in [0.05, 0.1) is 18.2 Å². The third-order valence-electron chi connectivity index (χ3n) is 2.96. The van der Waals surface area contributed by atoms with Crippen LogP contribution in [0, 0.1) is 5.82 Å². The second-order valence-electron chi connectivity index (χ2n) is 4.76. The van der Waals surface area contributed by atoms with Gasteiger partial charge in [0.15, 0.2) is 0 Å². The summed E-state index contributed by atoms with van der Waals surface area (Å²) in [6.07, 6.45) is 0. The Morgan fingerprint density at radius 3 is 2.58 bits per heavy atom. The number of hydrogen-bond donors (Lipinski definition) is 2. The largest absolute Gasteiger partial charge is 0.494 e. The van der Waals surface area contributed by atoms with E-state index in [2.05, 4.69) is 10.6 Å². The molecule has 0 saturated heterocycles. The van der Waals surface area contributed by atoms with Gasteiger partial charge in [0, 0.05) is 5.69 Å². The monoisotopic (exact) mass is 352 g/mol. The van der Waals surface area contributed by atoms with Gasteiger partial charge < -0.3 is 20.1 Å². The van der Waals surface area contributed by atoms with Crippen LogP contribution in [-0.2, 0) is 0 Å². The van der Waals surface area contributed by atoms with Gasteiger partial charge in [-0.05, 0) is 49.4 Å². The topological polar surface area (TPSA) is 59.6 Å². The van der Waals surface area contributed by atoms with E-state index in [-0.39, 0.29) is 24.2 Å². The molecule has 0 bridgehead atoms. The first-order valence-electron chi connectivity index (χ1n) is 7.44. The number of rotatable bonds is 7. The minimum atomic E-state index is -0.430. The molecule has 0 spiro atoms. The Bertz CT molecular complexity index is 680. The summed E-state index contributed by atoms with van der Waals surface area (Å²) in [5, 5.41) is 5.53. The summed E-state index contributed by atoms with van der Waals surface area (Å²) in [6.45, 7) is 2.98. The zero-order valence-corrected chi connectivity index (χ0v) is 13.9. The van der Waals surface area contributed by atoms with Gasteiger partial charge in [-0.3, -0.25) is 0 Å². The summed E-state index contributed by atoms with van der Waals surface area (Å²) in [5.74, 6) is 0.681. The van der Waals surface area contributed by atoms with Crippen molar-refractivity contribution in [3.8, 4) is 11.5 Å². The van der Waals surface area contributed by atoms with E-state index in [4.69, 9.17) is 21.1 Å². The molecule has 0 atom stereocenters. The third-order valence-corrected chi connectivity index (χ3v) is 3.26. The fourth-order valence-corrected chi connectivity index (χ4v) is 2.12. The summed E-state index contributed by atoms with van der Waals surface area (Å²) in [4.78, 5) is 11.8. The molecule has 0 aliphatic heterocycles. The molecule has 0 unspecified atom stereocenters. The lowest BCUT2D eigenvalue weighted by molar-refractivity contribution is 0.247. The molecule has 2 rings (SSSR count). The van der Waals surface area contributed by atoms with E-state index in [9.17, 15) is 9.18 Å². The number of halogens is 2. The van der Waals surface area contributed by atoms with Crippen molar-refractivity contribution < 1.29 is 18.7 Å². The van der Waals surface area contributed by atoms with E-state index in [0.29, 0.717) is 18.0 Å². The van der Waals surface area contributed by atoms with E-state index < -0.39 is 5.82 Å². The number of carbonyl (C=O) groups is 1. The second kappa shape index (κ2) is 8.98. The van der Waals surface area contributed by atoms with Crippen LogP contribution in [0.15, 0.2) is 42.5 Å². The molecule has 0 radical (unpaired) electrons. The summed E-state index contributed by atoms with van der Waals surface area (Å²) in [6, 6.07) is 10.6. The molecule has 0 aliphatic carbocycles. The van der Waals surface area contributed by atoms with Crippen molar-refractivity contribution in [2.24, 2.45) is 0 Å². The number of urea groups is 1. The SMILES string of the molecule is CCOc1ccc(NC(=O)NCCOc2ccc(F)cc2Cl)cc1. The van der Waals surface area contributed by atoms with Crippen LogP contribution in [0.1, 0.15) is 6.92 Å². The zero-order chi connectivity index (χ0) is 17.4. The maximum absolute atomic E-state index is 12.9. The first-order chi connectivity index (χ1) is 11.6. The van der Waals surface area contributed by atoms with E-state index in [1.54, 1.807) is 24.3 Å². The molecule has 0 fully saturated rings. The van der Waals surface area contributed by atoms with Crippen LogP contribution in [0.4, 0.5) is 14.9 Å². The smallest absolute Gasteiger partial charge is 0.319 e. The Balaban J connectivity index is 1.71. The Labute approximate surface area is 144 Å². The van der Waals surface area contributed by atoms with Gasteiger partial charge in [0.1, 0.15) is 23.9 Å². The minimum Gasteiger partial charge on any atom is -0.494 e. The molecule has 2 amide bonds. The molecule has 0 aliphatic rings. The van der Waals surface area contributed by atoms with Gasteiger partial charge in [-0.2, -0.15) is 0 Å². The number of amides is 2. The number of hydrogen-bond acceptors (Lipinski definition) is 3. The minimum absolute atomic E-state index is 0.189. The van der Waals surface area contributed by atoms with Crippen LogP contribution >= 0.6 is 11.6 Å². The van der Waals surface area contributed by atoms with Gasteiger partial charge in [-0.15, -0.1) is 0 Å². The lowest BCUT2D eigenvalue weighted by Gasteiger charge is -2.10. The predicted molar refractivity (Wildman–Crippen MR) is 91.5 cm³/mol. The van der Waals surface area contributed by atoms with Gasteiger partial charge in [-0.25, -0.2) is 9.18 Å². The average Bonchev–Trinajstić information content (AvgIpc) is 2.55. The quantitative estimate of drug-likeness (QED) is 0.738. The van der Waals surface area contributed by atoms with E-state index in [0.717, 1.165) is 5.75 Å². The molecule has 128 valence electrons. The normalized spacial score (nSPS) is 10.1. The molecular weight excluding hydrogens is 335 g/mol. The average molecular weight is 353 g/mol. The fraction of sp³-hybridized carbons (Fsp3) is 0.235. The van der Waals surface area contributed by atoms with Gasteiger partial charge in [0.2, 0.25) is 0 Å². The maximum Gasteiger partial charge on any atom is 0.319 e. The molecule has 7 heteroatoms. The van der Waals surface area contributed by atoms with Crippen LogP contribution in [0.3, 0.4) is 0 Å². The van der Waals surface area contributed by atoms with Gasteiger partial charge >= 0.3 is 6.03 Å². The molecule has 2 aromatic rings. The Hall–Kier alpha value is -2.47. The molecule has 0 aromatic heterocycles. The Morgan fingerprint density at radius 1 is 1.17 bits per heavy atom. The maximum atomic E-state index is 12.9. The highest BCUT2D eigenvalue weighted by Crippen LogP contribution is 2.24. The molecule has 24 heavy (non-hydrogen) atoms. The number of anilines is 1. The lowest BCUT2D eigenvalue weighted by Crippen LogP contribution is -2.32. The third kappa shape index (κ3) is 5.62. The van der Waals surface area contributed by atoms with Crippen molar-refractivity contribution in [1.82, 2.24) is 5.32 Å². The van der Waals surface area contributed by atoms with Gasteiger partial charge in [-0.1, -0.05) is 11.6 Å². The van der Waals surface area contributed by atoms with Crippen LogP contribution in [0.5, 0.6) is 11.5 Å². The van der Waals surface area contributed by atoms with Crippen molar-refractivity contribution in [3.63, 3.8) is 0 Å². The summed E-state index contributed by atoms with van der Waals surface area (Å²) < 4.78 is 23.6. The number of ether oxygens (including phenoxy) is 2. The predicted octanol–water partition coefficient (Wildman–Crippen LogP) is 4.08. The molecule has 0 heterocycles. The number of nitrogens with one attached hydrogen (secondary N) is 2. The van der Waals surface area contributed by atoms with E-state index in [1.807, 2.05) is 6.92 Å². The van der Waals surface area contributed by atoms with E-state index in [1.165, 1.54) is 18.2 Å². The second-order valence-corrected chi connectivity index (χ2v) is 5.17. The Morgan fingerprint density at radius 2 is 1.92 bits per heavy atom. The van der Waals surface area contributed by atoms with Crippen LogP contribution < -0.4 is 20.1 Å². The molecule has 2 N–H and O–H groups in total. The first-order valence-corrected chi connectivity index (χ1v) is 7.82. The van der Waals surface area contributed by atoms with E-state index >= 15 is 0 Å². The molecule has 2 aromatic carbocycles.